The highest BCUT2D eigenvalue weighted by molar-refractivity contribution is 4.62. The first-order chi connectivity index (χ1) is 5.70. The molecule has 0 aromatic carbocycles. The quantitative estimate of drug-likeness (QED) is 0.566. The van der Waals surface area contributed by atoms with Gasteiger partial charge in [-0.25, -0.2) is 0 Å². The van der Waals surface area contributed by atoms with Crippen LogP contribution in [0.15, 0.2) is 0 Å². The van der Waals surface area contributed by atoms with Gasteiger partial charge in [0.1, 0.15) is 0 Å². The molecule has 0 aliphatic carbocycles. The second-order valence-electron chi connectivity index (χ2n) is 2.78. The summed E-state index contributed by atoms with van der Waals surface area (Å²) in [6, 6.07) is 0. The molecule has 2 unspecified atom stereocenters. The summed E-state index contributed by atoms with van der Waals surface area (Å²) in [6.45, 7) is 0.783. The average Bonchev–Trinajstić information content (AvgIpc) is 2.01. The molecule has 0 bridgehead atoms. The van der Waals surface area contributed by atoms with E-state index in [9.17, 15) is 10.2 Å². The zero-order chi connectivity index (χ0) is 9.40. The maximum absolute atomic E-state index is 9.28. The van der Waals surface area contributed by atoms with Gasteiger partial charge in [-0.2, -0.15) is 0 Å². The summed E-state index contributed by atoms with van der Waals surface area (Å²) < 4.78 is 9.50. The van der Waals surface area contributed by atoms with Crippen LogP contribution in [0.2, 0.25) is 0 Å². The second-order valence-corrected chi connectivity index (χ2v) is 2.78. The molecule has 0 aliphatic rings. The molecule has 12 heavy (non-hydrogen) atoms. The fraction of sp³-hybridized carbons (Fsp3) is 1.00. The lowest BCUT2D eigenvalue weighted by Gasteiger charge is -2.14. The van der Waals surface area contributed by atoms with Gasteiger partial charge in [0.15, 0.2) is 0 Å². The number of hydrogen-bond acceptors (Lipinski definition) is 4. The third-order valence-electron chi connectivity index (χ3n) is 1.56. The molecule has 0 fully saturated rings. The molecule has 0 spiro atoms. The highest BCUT2D eigenvalue weighted by Gasteiger charge is 2.10. The van der Waals surface area contributed by atoms with Gasteiger partial charge in [0.25, 0.3) is 0 Å². The number of rotatable bonds is 7. The topological polar surface area (TPSA) is 58.9 Å². The van der Waals surface area contributed by atoms with E-state index in [4.69, 9.17) is 9.47 Å². The Balaban J connectivity index is 3.33. The van der Waals surface area contributed by atoms with Crippen molar-refractivity contribution in [2.75, 3.05) is 27.4 Å². The van der Waals surface area contributed by atoms with Gasteiger partial charge in [0.2, 0.25) is 0 Å². The lowest BCUT2D eigenvalue weighted by atomic mass is 10.1. The Morgan fingerprint density at radius 2 is 1.75 bits per heavy atom. The van der Waals surface area contributed by atoms with Crippen LogP contribution in [0.1, 0.15) is 12.8 Å². The smallest absolute Gasteiger partial charge is 0.0798 e. The zero-order valence-electron chi connectivity index (χ0n) is 7.69. The fourth-order valence-corrected chi connectivity index (χ4v) is 0.946. The number of aliphatic hydroxyl groups is 2. The van der Waals surface area contributed by atoms with Crippen LogP contribution in [0.3, 0.4) is 0 Å². The van der Waals surface area contributed by atoms with Crippen molar-refractivity contribution in [2.24, 2.45) is 0 Å². The van der Waals surface area contributed by atoms with E-state index >= 15 is 0 Å². The van der Waals surface area contributed by atoms with Gasteiger partial charge in [-0.05, 0) is 6.42 Å². The molecule has 4 nitrogen and oxygen atoms in total. The van der Waals surface area contributed by atoms with E-state index in [1.807, 2.05) is 0 Å². The molecule has 0 amide bonds. The Kier molecular flexibility index (Phi) is 7.39. The molecule has 0 saturated carbocycles. The third-order valence-corrected chi connectivity index (χ3v) is 1.56. The van der Waals surface area contributed by atoms with Crippen molar-refractivity contribution in [3.63, 3.8) is 0 Å². The number of ether oxygens (including phenoxy) is 2. The molecule has 2 atom stereocenters. The minimum Gasteiger partial charge on any atom is -0.393 e. The minimum atomic E-state index is -0.582. The number of hydrogen-bond donors (Lipinski definition) is 2. The Morgan fingerprint density at radius 3 is 2.25 bits per heavy atom. The summed E-state index contributed by atoms with van der Waals surface area (Å²) in [5.41, 5.74) is 0. The van der Waals surface area contributed by atoms with Gasteiger partial charge in [-0.3, -0.25) is 0 Å². The lowest BCUT2D eigenvalue weighted by molar-refractivity contribution is 0.0156. The Labute approximate surface area is 73.1 Å². The van der Waals surface area contributed by atoms with Gasteiger partial charge < -0.3 is 19.7 Å². The van der Waals surface area contributed by atoms with E-state index in [2.05, 4.69) is 0 Å². The van der Waals surface area contributed by atoms with Gasteiger partial charge in [-0.15, -0.1) is 0 Å². The molecule has 4 heteroatoms. The largest absolute Gasteiger partial charge is 0.393 e. The van der Waals surface area contributed by atoms with Gasteiger partial charge >= 0.3 is 0 Å². The van der Waals surface area contributed by atoms with Crippen molar-refractivity contribution in [3.05, 3.63) is 0 Å². The van der Waals surface area contributed by atoms with Crippen LogP contribution in [0.25, 0.3) is 0 Å². The molecule has 0 radical (unpaired) electrons. The van der Waals surface area contributed by atoms with E-state index < -0.39 is 12.2 Å². The van der Waals surface area contributed by atoms with Crippen molar-refractivity contribution >= 4 is 0 Å². The van der Waals surface area contributed by atoms with E-state index in [-0.39, 0.29) is 6.61 Å². The predicted octanol–water partition coefficient (Wildman–Crippen LogP) is -0.219. The number of aliphatic hydroxyl groups excluding tert-OH is 2. The van der Waals surface area contributed by atoms with Crippen LogP contribution in [0, 0.1) is 0 Å². The Hall–Kier alpha value is -0.160. The Morgan fingerprint density at radius 1 is 1.08 bits per heavy atom. The third kappa shape index (κ3) is 6.54. The standard InChI is InChI=1S/C8H18O4/c1-11-4-3-7(9)5-8(10)6-12-2/h7-10H,3-6H2,1-2H3. The zero-order valence-corrected chi connectivity index (χ0v) is 7.69. The average molecular weight is 178 g/mol. The number of methoxy groups -OCH3 is 2. The molecule has 0 rings (SSSR count). The van der Waals surface area contributed by atoms with Gasteiger partial charge in [0, 0.05) is 27.2 Å². The summed E-state index contributed by atoms with van der Waals surface area (Å²) in [5, 5.41) is 18.5. The van der Waals surface area contributed by atoms with Crippen molar-refractivity contribution in [1.82, 2.24) is 0 Å². The first-order valence-electron chi connectivity index (χ1n) is 4.04. The Bertz CT molecular complexity index is 97.1. The van der Waals surface area contributed by atoms with Crippen molar-refractivity contribution in [2.45, 2.75) is 25.0 Å². The molecule has 0 aromatic rings. The molecule has 0 aromatic heterocycles. The maximum atomic E-state index is 9.28. The predicted molar refractivity (Wildman–Crippen MR) is 45.0 cm³/mol. The summed E-state index contributed by atoms with van der Waals surface area (Å²) in [6.07, 6.45) is -0.189. The summed E-state index contributed by atoms with van der Waals surface area (Å²) in [7, 11) is 3.10. The summed E-state index contributed by atoms with van der Waals surface area (Å²) in [5.74, 6) is 0. The molecule has 74 valence electrons. The first kappa shape index (κ1) is 11.8. The van der Waals surface area contributed by atoms with Crippen LogP contribution in [0.4, 0.5) is 0 Å². The maximum Gasteiger partial charge on any atom is 0.0798 e. The summed E-state index contributed by atoms with van der Waals surface area (Å²) >= 11 is 0. The first-order valence-corrected chi connectivity index (χ1v) is 4.04. The SMILES string of the molecule is COCCC(O)CC(O)COC. The minimum absolute atomic E-state index is 0.268. The molecular formula is C8H18O4. The van der Waals surface area contributed by atoms with Crippen LogP contribution >= 0.6 is 0 Å². The molecule has 0 heterocycles. The van der Waals surface area contributed by atoms with Crippen molar-refractivity contribution in [3.8, 4) is 0 Å². The summed E-state index contributed by atoms with van der Waals surface area (Å²) in [4.78, 5) is 0. The normalized spacial score (nSPS) is 16.0. The van der Waals surface area contributed by atoms with Crippen LogP contribution < -0.4 is 0 Å². The lowest BCUT2D eigenvalue weighted by Crippen LogP contribution is -2.22. The molecular weight excluding hydrogens is 160 g/mol. The van der Waals surface area contributed by atoms with Crippen LogP contribution in [0.5, 0.6) is 0 Å². The highest BCUT2D eigenvalue weighted by Crippen LogP contribution is 2.02. The van der Waals surface area contributed by atoms with Crippen molar-refractivity contribution in [1.29, 1.82) is 0 Å². The van der Waals surface area contributed by atoms with E-state index in [0.717, 1.165) is 0 Å². The highest BCUT2D eigenvalue weighted by atomic mass is 16.5. The monoisotopic (exact) mass is 178 g/mol. The fourth-order valence-electron chi connectivity index (χ4n) is 0.946. The van der Waals surface area contributed by atoms with Crippen molar-refractivity contribution < 1.29 is 19.7 Å². The second kappa shape index (κ2) is 7.49. The van der Waals surface area contributed by atoms with Crippen LogP contribution in [-0.2, 0) is 9.47 Å². The van der Waals surface area contributed by atoms with Gasteiger partial charge in [0.05, 0.1) is 18.8 Å². The molecule has 0 aliphatic heterocycles. The van der Waals surface area contributed by atoms with Gasteiger partial charge in [-0.1, -0.05) is 0 Å². The van der Waals surface area contributed by atoms with E-state index in [0.29, 0.717) is 19.4 Å². The molecule has 0 saturated heterocycles. The molecule has 2 N–H and O–H groups in total. The van der Waals surface area contributed by atoms with Crippen LogP contribution in [-0.4, -0.2) is 49.9 Å². The van der Waals surface area contributed by atoms with E-state index in [1.54, 1.807) is 7.11 Å². The van der Waals surface area contributed by atoms with E-state index in [1.165, 1.54) is 7.11 Å².